The number of amides is 1. The Labute approximate surface area is 152 Å². The Hall–Kier alpha value is -1.70. The molecule has 1 N–H and O–H groups in total. The molecule has 0 bridgehead atoms. The molecule has 2 aromatic rings. The number of hydrogen-bond acceptors (Lipinski definition) is 5. The van der Waals surface area contributed by atoms with Gasteiger partial charge in [-0.1, -0.05) is 0 Å². The number of hydrogen-bond donors (Lipinski definition) is 1. The second-order valence-electron chi connectivity index (χ2n) is 6.45. The zero-order valence-electron chi connectivity index (χ0n) is 14.4. The highest BCUT2D eigenvalue weighted by Gasteiger charge is 2.21. The first kappa shape index (κ1) is 18.1. The van der Waals surface area contributed by atoms with Crippen LogP contribution in [0.1, 0.15) is 27.7 Å². The summed E-state index contributed by atoms with van der Waals surface area (Å²) < 4.78 is 22.9. The molecule has 1 aromatic carbocycles. The van der Waals surface area contributed by atoms with Crippen molar-refractivity contribution < 1.29 is 13.2 Å². The Kier molecular flexibility index (Phi) is 5.27. The molecular formula is C18H22N2O3S2. The van der Waals surface area contributed by atoms with Crippen molar-refractivity contribution in [2.24, 2.45) is 0 Å². The number of carbonyl (C=O) groups is 1. The minimum Gasteiger partial charge on any atom is -0.350 e. The van der Waals surface area contributed by atoms with Gasteiger partial charge in [-0.3, -0.25) is 9.69 Å². The van der Waals surface area contributed by atoms with E-state index in [0.29, 0.717) is 12.1 Å². The average molecular weight is 379 g/mol. The van der Waals surface area contributed by atoms with Crippen molar-refractivity contribution in [3.8, 4) is 0 Å². The standard InChI is InChI=1S/C18H22N2O3S2/c1-13(20-9-7-17-15(12-20)8-10-24-17)11-19-18(21)14-3-5-16(6-4-14)25(2,22)23/h3-6,8,10,13H,7,9,11-12H2,1-2H3,(H,19,21). The third-order valence-electron chi connectivity index (χ3n) is 4.56. The highest BCUT2D eigenvalue weighted by molar-refractivity contribution is 7.90. The van der Waals surface area contributed by atoms with E-state index in [0.717, 1.165) is 25.8 Å². The van der Waals surface area contributed by atoms with Crippen molar-refractivity contribution in [3.05, 3.63) is 51.7 Å². The lowest BCUT2D eigenvalue weighted by molar-refractivity contribution is 0.0932. The Morgan fingerprint density at radius 2 is 2.00 bits per heavy atom. The summed E-state index contributed by atoms with van der Waals surface area (Å²) in [7, 11) is -3.24. The van der Waals surface area contributed by atoms with Crippen LogP contribution in [0.25, 0.3) is 0 Å². The van der Waals surface area contributed by atoms with Crippen molar-refractivity contribution in [1.82, 2.24) is 10.2 Å². The van der Waals surface area contributed by atoms with Crippen LogP contribution in [0.5, 0.6) is 0 Å². The Morgan fingerprint density at radius 3 is 2.68 bits per heavy atom. The van der Waals surface area contributed by atoms with Crippen LogP contribution in [-0.4, -0.2) is 44.6 Å². The molecule has 0 spiro atoms. The zero-order chi connectivity index (χ0) is 18.0. The van der Waals surface area contributed by atoms with Gasteiger partial charge in [-0.15, -0.1) is 11.3 Å². The molecule has 3 rings (SSSR count). The molecule has 0 fully saturated rings. The first-order valence-corrected chi connectivity index (χ1v) is 11.0. The number of nitrogens with zero attached hydrogens (tertiary/aromatic N) is 1. The molecule has 1 unspecified atom stereocenters. The highest BCUT2D eigenvalue weighted by Crippen LogP contribution is 2.25. The summed E-state index contributed by atoms with van der Waals surface area (Å²) in [4.78, 5) is 16.3. The van der Waals surface area contributed by atoms with Crippen molar-refractivity contribution in [1.29, 1.82) is 0 Å². The summed E-state index contributed by atoms with van der Waals surface area (Å²) in [5.41, 5.74) is 1.86. The molecule has 0 saturated heterocycles. The summed E-state index contributed by atoms with van der Waals surface area (Å²) in [6.45, 7) is 4.61. The van der Waals surface area contributed by atoms with Gasteiger partial charge in [-0.05, 0) is 54.6 Å². The van der Waals surface area contributed by atoms with E-state index in [1.807, 2.05) is 11.3 Å². The molecule has 0 radical (unpaired) electrons. The molecule has 1 aromatic heterocycles. The van der Waals surface area contributed by atoms with Crippen LogP contribution >= 0.6 is 11.3 Å². The van der Waals surface area contributed by atoms with Gasteiger partial charge in [0.25, 0.3) is 5.91 Å². The predicted octanol–water partition coefficient (Wildman–Crippen LogP) is 2.33. The molecule has 25 heavy (non-hydrogen) atoms. The minimum atomic E-state index is -3.24. The van der Waals surface area contributed by atoms with Gasteiger partial charge in [0, 0.05) is 42.4 Å². The van der Waals surface area contributed by atoms with E-state index in [9.17, 15) is 13.2 Å². The number of carbonyl (C=O) groups excluding carboxylic acids is 1. The Balaban J connectivity index is 1.55. The first-order valence-electron chi connectivity index (χ1n) is 8.22. The number of rotatable bonds is 5. The van der Waals surface area contributed by atoms with Crippen LogP contribution in [0.4, 0.5) is 0 Å². The molecule has 0 aliphatic carbocycles. The SMILES string of the molecule is CC(CNC(=O)c1ccc(S(C)(=O)=O)cc1)N1CCc2sccc2C1. The van der Waals surface area contributed by atoms with Crippen LogP contribution in [0.3, 0.4) is 0 Å². The zero-order valence-corrected chi connectivity index (χ0v) is 16.0. The largest absolute Gasteiger partial charge is 0.350 e. The average Bonchev–Trinajstić information content (AvgIpc) is 3.06. The topological polar surface area (TPSA) is 66.5 Å². The lowest BCUT2D eigenvalue weighted by Crippen LogP contribution is -2.44. The fourth-order valence-electron chi connectivity index (χ4n) is 2.97. The number of sulfone groups is 1. The van der Waals surface area contributed by atoms with E-state index in [-0.39, 0.29) is 16.8 Å². The van der Waals surface area contributed by atoms with Crippen molar-refractivity contribution in [3.63, 3.8) is 0 Å². The molecular weight excluding hydrogens is 356 g/mol. The van der Waals surface area contributed by atoms with E-state index in [1.165, 1.54) is 22.6 Å². The fourth-order valence-corrected chi connectivity index (χ4v) is 4.49. The lowest BCUT2D eigenvalue weighted by atomic mass is 10.1. The summed E-state index contributed by atoms with van der Waals surface area (Å²) in [6, 6.07) is 8.46. The second-order valence-corrected chi connectivity index (χ2v) is 9.46. The van der Waals surface area contributed by atoms with Gasteiger partial charge in [-0.25, -0.2) is 8.42 Å². The van der Waals surface area contributed by atoms with E-state index >= 15 is 0 Å². The maximum absolute atomic E-state index is 12.3. The second kappa shape index (κ2) is 7.27. The number of fused-ring (bicyclic) bond motifs is 1. The monoisotopic (exact) mass is 378 g/mol. The summed E-state index contributed by atoms with van der Waals surface area (Å²) in [5, 5.41) is 5.08. The molecule has 1 atom stereocenters. The van der Waals surface area contributed by atoms with Crippen molar-refractivity contribution >= 4 is 27.1 Å². The quantitative estimate of drug-likeness (QED) is 0.867. The van der Waals surface area contributed by atoms with Gasteiger partial charge in [0.15, 0.2) is 9.84 Å². The van der Waals surface area contributed by atoms with Crippen molar-refractivity contribution in [2.45, 2.75) is 30.8 Å². The van der Waals surface area contributed by atoms with E-state index in [2.05, 4.69) is 28.6 Å². The van der Waals surface area contributed by atoms with Gasteiger partial charge in [0.05, 0.1) is 4.90 Å². The fraction of sp³-hybridized carbons (Fsp3) is 0.389. The van der Waals surface area contributed by atoms with Crippen LogP contribution in [0, 0.1) is 0 Å². The molecule has 2 heterocycles. The van der Waals surface area contributed by atoms with E-state index in [1.54, 1.807) is 12.1 Å². The van der Waals surface area contributed by atoms with E-state index in [4.69, 9.17) is 0 Å². The Bertz CT molecular complexity index is 857. The summed E-state index contributed by atoms with van der Waals surface area (Å²) in [5.74, 6) is -0.180. The molecule has 7 heteroatoms. The summed E-state index contributed by atoms with van der Waals surface area (Å²) in [6.07, 6.45) is 2.22. The maximum atomic E-state index is 12.3. The van der Waals surface area contributed by atoms with Crippen LogP contribution < -0.4 is 5.32 Å². The number of benzene rings is 1. The first-order chi connectivity index (χ1) is 11.8. The van der Waals surface area contributed by atoms with Crippen molar-refractivity contribution in [2.75, 3.05) is 19.3 Å². The lowest BCUT2D eigenvalue weighted by Gasteiger charge is -2.32. The third-order valence-corrected chi connectivity index (χ3v) is 6.71. The van der Waals surface area contributed by atoms with Gasteiger partial charge in [-0.2, -0.15) is 0 Å². The highest BCUT2D eigenvalue weighted by atomic mass is 32.2. The molecule has 1 aliphatic heterocycles. The van der Waals surface area contributed by atoms with Crippen LogP contribution in [0.15, 0.2) is 40.6 Å². The smallest absolute Gasteiger partial charge is 0.251 e. The van der Waals surface area contributed by atoms with Gasteiger partial charge in [0.2, 0.25) is 0 Å². The third kappa shape index (κ3) is 4.29. The normalized spacial score (nSPS) is 16.2. The molecule has 0 saturated carbocycles. The molecule has 1 amide bonds. The van der Waals surface area contributed by atoms with Gasteiger partial charge in [0.1, 0.15) is 0 Å². The van der Waals surface area contributed by atoms with Gasteiger partial charge < -0.3 is 5.32 Å². The van der Waals surface area contributed by atoms with E-state index < -0.39 is 9.84 Å². The van der Waals surface area contributed by atoms with Crippen LogP contribution in [0.2, 0.25) is 0 Å². The Morgan fingerprint density at radius 1 is 1.28 bits per heavy atom. The predicted molar refractivity (Wildman–Crippen MR) is 99.8 cm³/mol. The summed E-state index contributed by atoms with van der Waals surface area (Å²) >= 11 is 1.82. The number of nitrogens with one attached hydrogen (secondary N) is 1. The van der Waals surface area contributed by atoms with Crippen LogP contribution in [-0.2, 0) is 22.8 Å². The number of thiophene rings is 1. The minimum absolute atomic E-state index is 0.180. The molecule has 1 aliphatic rings. The maximum Gasteiger partial charge on any atom is 0.251 e. The van der Waals surface area contributed by atoms with Gasteiger partial charge >= 0.3 is 0 Å². The molecule has 5 nitrogen and oxygen atoms in total. The molecule has 134 valence electrons.